The van der Waals surface area contributed by atoms with Gasteiger partial charge in [-0.05, 0) is 43.2 Å². The zero-order chi connectivity index (χ0) is 25.5. The lowest BCUT2D eigenvalue weighted by Crippen LogP contribution is -2.25. The van der Waals surface area contributed by atoms with Crippen LogP contribution in [-0.4, -0.2) is 42.6 Å². The minimum absolute atomic E-state index is 0.114. The van der Waals surface area contributed by atoms with Crippen molar-refractivity contribution in [1.82, 2.24) is 29.6 Å². The van der Waals surface area contributed by atoms with E-state index >= 15 is 0 Å². The molecule has 0 radical (unpaired) electrons. The Kier molecular flexibility index (Phi) is 5.56. The Labute approximate surface area is 212 Å². The van der Waals surface area contributed by atoms with Gasteiger partial charge in [0.2, 0.25) is 5.91 Å². The molecule has 0 aliphatic carbocycles. The Morgan fingerprint density at radius 3 is 2.76 bits per heavy atom. The zero-order valence-electron chi connectivity index (χ0n) is 20.7. The van der Waals surface area contributed by atoms with Crippen LogP contribution in [0, 0.1) is 13.8 Å². The van der Waals surface area contributed by atoms with Crippen LogP contribution in [0.5, 0.6) is 11.5 Å². The third kappa shape index (κ3) is 3.96. The molecular weight excluding hydrogens is 470 g/mol. The van der Waals surface area contributed by atoms with Crippen molar-refractivity contribution >= 4 is 17.4 Å². The number of fused-ring (bicyclic) bond motifs is 2. The van der Waals surface area contributed by atoms with Gasteiger partial charge in [-0.15, -0.1) is 15.3 Å². The molecule has 1 amide bonds. The predicted molar refractivity (Wildman–Crippen MR) is 136 cm³/mol. The molecule has 2 aromatic carbocycles. The number of rotatable bonds is 6. The molecule has 1 unspecified atom stereocenters. The van der Waals surface area contributed by atoms with Gasteiger partial charge in [0.15, 0.2) is 23.0 Å². The lowest BCUT2D eigenvalue weighted by molar-refractivity contribution is -0.116. The predicted octanol–water partition coefficient (Wildman–Crippen LogP) is 3.99. The summed E-state index contributed by atoms with van der Waals surface area (Å²) in [6.07, 6.45) is 1.78. The highest BCUT2D eigenvalue weighted by atomic mass is 16.5. The molecule has 1 N–H and O–H groups in total. The Bertz CT molecular complexity index is 1640. The molecular formula is C27H25N7O3. The number of ether oxygens (including phenoxy) is 2. The second-order valence-corrected chi connectivity index (χ2v) is 8.98. The van der Waals surface area contributed by atoms with Crippen molar-refractivity contribution in [2.45, 2.75) is 32.8 Å². The van der Waals surface area contributed by atoms with Gasteiger partial charge in [-0.1, -0.05) is 36.4 Å². The number of hydrogen-bond acceptors (Lipinski definition) is 7. The van der Waals surface area contributed by atoms with Crippen LogP contribution in [0.3, 0.4) is 0 Å². The summed E-state index contributed by atoms with van der Waals surface area (Å²) in [5.41, 5.74) is 5.43. The van der Waals surface area contributed by atoms with E-state index in [1.165, 1.54) is 6.33 Å². The van der Waals surface area contributed by atoms with Crippen LogP contribution in [-0.2, 0) is 11.4 Å². The average Bonchev–Trinajstić information content (AvgIpc) is 3.51. The number of methoxy groups -OCH3 is 1. The summed E-state index contributed by atoms with van der Waals surface area (Å²) in [7, 11) is 1.62. The molecule has 0 saturated heterocycles. The van der Waals surface area contributed by atoms with Gasteiger partial charge in [-0.3, -0.25) is 4.79 Å². The summed E-state index contributed by atoms with van der Waals surface area (Å²) in [5.74, 6) is 1.97. The topological polar surface area (TPSA) is 108 Å². The van der Waals surface area contributed by atoms with Crippen molar-refractivity contribution in [2.24, 2.45) is 0 Å². The summed E-state index contributed by atoms with van der Waals surface area (Å²) in [6.45, 7) is 4.38. The smallest absolute Gasteiger partial charge is 0.226 e. The van der Waals surface area contributed by atoms with Crippen LogP contribution in [0.4, 0.5) is 5.82 Å². The van der Waals surface area contributed by atoms with Gasteiger partial charge in [0.25, 0.3) is 0 Å². The van der Waals surface area contributed by atoms with Gasteiger partial charge < -0.3 is 14.8 Å². The fourth-order valence-corrected chi connectivity index (χ4v) is 4.85. The molecule has 6 rings (SSSR count). The van der Waals surface area contributed by atoms with E-state index < -0.39 is 0 Å². The molecule has 3 aromatic heterocycles. The van der Waals surface area contributed by atoms with E-state index in [4.69, 9.17) is 14.6 Å². The van der Waals surface area contributed by atoms with Crippen LogP contribution >= 0.6 is 0 Å². The van der Waals surface area contributed by atoms with Gasteiger partial charge in [-0.2, -0.15) is 14.3 Å². The van der Waals surface area contributed by atoms with Crippen molar-refractivity contribution in [2.75, 3.05) is 12.4 Å². The average molecular weight is 496 g/mol. The maximum absolute atomic E-state index is 13.0. The zero-order valence-corrected chi connectivity index (χ0v) is 20.7. The SMILES string of the molecule is COc1cccc(C2CC(=O)Nc3c2c(C)nn3-c2ccc3nncn3n2)c1OCc1ccccc1C. The molecule has 0 saturated carbocycles. The number of para-hydroxylation sites is 1. The van der Waals surface area contributed by atoms with Gasteiger partial charge in [0.1, 0.15) is 18.8 Å². The molecule has 0 bridgehead atoms. The van der Waals surface area contributed by atoms with Crippen molar-refractivity contribution in [3.05, 3.63) is 88.9 Å². The van der Waals surface area contributed by atoms with Gasteiger partial charge in [0.05, 0.1) is 12.8 Å². The molecule has 5 aromatic rings. The molecule has 0 fully saturated rings. The van der Waals surface area contributed by atoms with E-state index in [-0.39, 0.29) is 18.2 Å². The first-order chi connectivity index (χ1) is 18.0. The molecule has 1 atom stereocenters. The first-order valence-corrected chi connectivity index (χ1v) is 11.9. The van der Waals surface area contributed by atoms with E-state index in [1.54, 1.807) is 28.4 Å². The van der Waals surface area contributed by atoms with Crippen LogP contribution in [0.15, 0.2) is 60.9 Å². The Morgan fingerprint density at radius 1 is 1.05 bits per heavy atom. The van der Waals surface area contributed by atoms with E-state index in [2.05, 4.69) is 33.6 Å². The van der Waals surface area contributed by atoms with Gasteiger partial charge >= 0.3 is 0 Å². The number of nitrogens with zero attached hydrogens (tertiary/aromatic N) is 6. The van der Waals surface area contributed by atoms with E-state index in [9.17, 15) is 4.79 Å². The Morgan fingerprint density at radius 2 is 1.92 bits per heavy atom. The van der Waals surface area contributed by atoms with Crippen LogP contribution in [0.2, 0.25) is 0 Å². The lowest BCUT2D eigenvalue weighted by Gasteiger charge is -2.26. The van der Waals surface area contributed by atoms with Crippen LogP contribution in [0.1, 0.15) is 40.3 Å². The molecule has 186 valence electrons. The number of amides is 1. The number of carbonyl (C=O) groups is 1. The summed E-state index contributed by atoms with van der Waals surface area (Å²) in [4.78, 5) is 13.0. The highest BCUT2D eigenvalue weighted by Crippen LogP contribution is 2.46. The quantitative estimate of drug-likeness (QED) is 0.379. The molecule has 37 heavy (non-hydrogen) atoms. The molecule has 1 aliphatic heterocycles. The molecule has 1 aliphatic rings. The van der Waals surface area contributed by atoms with Crippen molar-refractivity contribution in [3.8, 4) is 17.3 Å². The standard InChI is InChI=1S/C27H25N7O3/c1-16-7-4-5-8-18(16)14-37-26-19(9-6-10-21(26)36-3)20-13-24(35)29-27-25(20)17(2)31-34(27)23-12-11-22-30-28-15-33(22)32-23/h4-12,15,20H,13-14H2,1-3H3,(H,29,35). The number of carbonyl (C=O) groups excluding carboxylic acids is 1. The largest absolute Gasteiger partial charge is 0.493 e. The minimum atomic E-state index is -0.280. The number of hydrogen-bond donors (Lipinski definition) is 1. The normalized spacial score (nSPS) is 14.9. The molecule has 10 nitrogen and oxygen atoms in total. The number of anilines is 1. The van der Waals surface area contributed by atoms with E-state index in [0.29, 0.717) is 35.4 Å². The maximum Gasteiger partial charge on any atom is 0.226 e. The van der Waals surface area contributed by atoms with E-state index in [0.717, 1.165) is 27.9 Å². The van der Waals surface area contributed by atoms with Gasteiger partial charge in [0, 0.05) is 23.5 Å². The van der Waals surface area contributed by atoms with Crippen LogP contribution in [0.25, 0.3) is 11.5 Å². The summed E-state index contributed by atoms with van der Waals surface area (Å²) in [6, 6.07) is 17.5. The molecule has 0 spiro atoms. The van der Waals surface area contributed by atoms with Crippen molar-refractivity contribution in [3.63, 3.8) is 0 Å². The molecule has 10 heteroatoms. The lowest BCUT2D eigenvalue weighted by atomic mass is 9.85. The fourth-order valence-electron chi connectivity index (χ4n) is 4.85. The fraction of sp³-hybridized carbons (Fsp3) is 0.222. The number of nitrogens with one attached hydrogen (secondary N) is 1. The molecule has 4 heterocycles. The highest BCUT2D eigenvalue weighted by molar-refractivity contribution is 5.95. The Hall–Kier alpha value is -4.73. The van der Waals surface area contributed by atoms with E-state index in [1.807, 2.05) is 43.3 Å². The number of aryl methyl sites for hydroxylation is 2. The number of benzene rings is 2. The second-order valence-electron chi connectivity index (χ2n) is 8.98. The second kappa shape index (κ2) is 9.05. The maximum atomic E-state index is 13.0. The Balaban J connectivity index is 1.44. The van der Waals surface area contributed by atoms with Gasteiger partial charge in [-0.25, -0.2) is 0 Å². The summed E-state index contributed by atoms with van der Waals surface area (Å²) in [5, 5.41) is 20.2. The highest BCUT2D eigenvalue weighted by Gasteiger charge is 2.35. The summed E-state index contributed by atoms with van der Waals surface area (Å²) >= 11 is 0. The first-order valence-electron chi connectivity index (χ1n) is 11.9. The minimum Gasteiger partial charge on any atom is -0.493 e. The third-order valence-electron chi connectivity index (χ3n) is 6.71. The third-order valence-corrected chi connectivity index (χ3v) is 6.71. The van der Waals surface area contributed by atoms with Crippen molar-refractivity contribution < 1.29 is 14.3 Å². The number of aromatic nitrogens is 6. The van der Waals surface area contributed by atoms with Crippen molar-refractivity contribution in [1.29, 1.82) is 0 Å². The van der Waals surface area contributed by atoms with Crippen LogP contribution < -0.4 is 14.8 Å². The first kappa shape index (κ1) is 22.7. The summed E-state index contributed by atoms with van der Waals surface area (Å²) < 4.78 is 15.3. The monoisotopic (exact) mass is 495 g/mol.